The maximum atomic E-state index is 2.70. The molecule has 2 unspecified atom stereocenters. The standard InChI is InChI=1S/C68H66BN3/c1-42-34-62-64-63(35-42)72(46-25-28-54-55(37-46)66(4,5)31-30-65(54,2)3)61-41-57-56(67(6,7)32-33-68(57,8)9)40-59(61)69(64)58-29-26-47(70(43-18-12-10-13-19-43)44-20-14-11-15-21-44)38-60(58)71(62)45-24-27-50-51(36-45)48-22-16-17-23-49(48)52-39-53(50)52/h10-29,34-38,40-41,52-53H,30-33,39H2,1-9H3. The minimum Gasteiger partial charge on any atom is -0.311 e. The summed E-state index contributed by atoms with van der Waals surface area (Å²) in [5.41, 5.74) is 28.5. The Bertz CT molecular complexity index is 3520. The van der Waals surface area contributed by atoms with Crippen molar-refractivity contribution in [1.82, 2.24) is 0 Å². The first kappa shape index (κ1) is 44.0. The second-order valence-corrected chi connectivity index (χ2v) is 25.1. The van der Waals surface area contributed by atoms with Crippen molar-refractivity contribution in [2.45, 2.75) is 128 Å². The second kappa shape index (κ2) is 15.1. The molecule has 0 aromatic heterocycles. The maximum absolute atomic E-state index is 2.70. The van der Waals surface area contributed by atoms with Gasteiger partial charge in [0.2, 0.25) is 0 Å². The van der Waals surface area contributed by atoms with Crippen LogP contribution >= 0.6 is 0 Å². The Morgan fingerprint density at radius 1 is 0.417 bits per heavy atom. The van der Waals surface area contributed by atoms with Gasteiger partial charge >= 0.3 is 0 Å². The van der Waals surface area contributed by atoms with E-state index < -0.39 is 0 Å². The molecule has 0 bridgehead atoms. The molecule has 0 amide bonds. The first-order valence-electron chi connectivity index (χ1n) is 26.9. The first-order valence-corrected chi connectivity index (χ1v) is 26.9. The number of fused-ring (bicyclic) bond motifs is 12. The van der Waals surface area contributed by atoms with Gasteiger partial charge in [-0.05, 0) is 218 Å². The minimum absolute atomic E-state index is 0.00812. The zero-order valence-corrected chi connectivity index (χ0v) is 43.7. The van der Waals surface area contributed by atoms with Gasteiger partial charge in [-0.2, -0.15) is 0 Å². The van der Waals surface area contributed by atoms with Gasteiger partial charge in [0.1, 0.15) is 0 Å². The van der Waals surface area contributed by atoms with E-state index in [0.29, 0.717) is 11.8 Å². The summed E-state index contributed by atoms with van der Waals surface area (Å²) in [6, 6.07) is 63.8. The van der Waals surface area contributed by atoms with Crippen molar-refractivity contribution in [3.05, 3.63) is 203 Å². The summed E-state index contributed by atoms with van der Waals surface area (Å²) in [6.45, 7) is 22.1. The van der Waals surface area contributed by atoms with Gasteiger partial charge < -0.3 is 14.7 Å². The quantitative estimate of drug-likeness (QED) is 0.159. The smallest absolute Gasteiger partial charge is 0.252 e. The summed E-state index contributed by atoms with van der Waals surface area (Å²) in [5, 5.41) is 0. The fourth-order valence-corrected chi connectivity index (χ4v) is 14.4. The molecule has 8 aromatic carbocycles. The summed E-state index contributed by atoms with van der Waals surface area (Å²) in [7, 11) is 0. The lowest BCUT2D eigenvalue weighted by Gasteiger charge is -2.48. The van der Waals surface area contributed by atoms with Gasteiger partial charge in [-0.15, -0.1) is 0 Å². The first-order chi connectivity index (χ1) is 34.6. The molecule has 1 saturated carbocycles. The zero-order valence-electron chi connectivity index (χ0n) is 43.7. The van der Waals surface area contributed by atoms with E-state index in [1.54, 1.807) is 0 Å². The molecule has 0 radical (unpaired) electrons. The van der Waals surface area contributed by atoms with Crippen molar-refractivity contribution in [2.75, 3.05) is 14.7 Å². The molecule has 0 saturated heterocycles. The van der Waals surface area contributed by atoms with Crippen molar-refractivity contribution in [1.29, 1.82) is 0 Å². The van der Waals surface area contributed by atoms with E-state index in [9.17, 15) is 0 Å². The van der Waals surface area contributed by atoms with Gasteiger partial charge in [0.25, 0.3) is 6.71 Å². The molecule has 6 aliphatic rings. The minimum atomic E-state index is 0.00812. The number of para-hydroxylation sites is 2. The number of rotatable bonds is 5. The molecule has 3 nitrogen and oxygen atoms in total. The van der Waals surface area contributed by atoms with Crippen molar-refractivity contribution in [3.63, 3.8) is 0 Å². The van der Waals surface area contributed by atoms with Gasteiger partial charge in [0.05, 0.1) is 0 Å². The number of aryl methyl sites for hydroxylation is 1. The molecular formula is C68H66BN3. The van der Waals surface area contributed by atoms with Gasteiger partial charge in [0, 0.05) is 51.2 Å². The molecule has 2 heterocycles. The molecule has 14 rings (SSSR count). The molecule has 72 heavy (non-hydrogen) atoms. The lowest BCUT2D eigenvalue weighted by atomic mass is 9.33. The second-order valence-electron chi connectivity index (χ2n) is 25.1. The van der Waals surface area contributed by atoms with Crippen LogP contribution in [-0.2, 0) is 21.7 Å². The number of benzene rings is 8. The van der Waals surface area contributed by atoms with E-state index >= 15 is 0 Å². The van der Waals surface area contributed by atoms with E-state index in [0.717, 1.165) is 17.1 Å². The third-order valence-corrected chi connectivity index (χ3v) is 18.7. The molecule has 0 N–H and O–H groups in total. The van der Waals surface area contributed by atoms with Gasteiger partial charge in [-0.1, -0.05) is 140 Å². The Morgan fingerprint density at radius 2 is 0.931 bits per heavy atom. The van der Waals surface area contributed by atoms with Crippen LogP contribution in [0.3, 0.4) is 0 Å². The lowest BCUT2D eigenvalue weighted by molar-refractivity contribution is 0.332. The molecule has 0 spiro atoms. The van der Waals surface area contributed by atoms with E-state index in [4.69, 9.17) is 0 Å². The van der Waals surface area contributed by atoms with Crippen LogP contribution < -0.4 is 31.1 Å². The van der Waals surface area contributed by atoms with Crippen LogP contribution in [0.2, 0.25) is 0 Å². The molecule has 4 aliphatic carbocycles. The predicted molar refractivity (Wildman–Crippen MR) is 306 cm³/mol. The average Bonchev–Trinajstić information content (AvgIpc) is 4.19. The lowest BCUT2D eigenvalue weighted by Crippen LogP contribution is -2.62. The predicted octanol–water partition coefficient (Wildman–Crippen LogP) is 16.5. The normalized spacial score (nSPS) is 20.4. The highest BCUT2D eigenvalue weighted by atomic mass is 15.2. The topological polar surface area (TPSA) is 9.72 Å². The molecule has 8 aromatic rings. The van der Waals surface area contributed by atoms with Crippen LogP contribution in [-0.4, -0.2) is 6.71 Å². The van der Waals surface area contributed by atoms with Crippen molar-refractivity contribution < 1.29 is 0 Å². The number of hydrogen-bond acceptors (Lipinski definition) is 3. The van der Waals surface area contributed by atoms with E-state index in [-0.39, 0.29) is 28.4 Å². The molecule has 4 heteroatoms. The van der Waals surface area contributed by atoms with E-state index in [2.05, 4.69) is 241 Å². The highest BCUT2D eigenvalue weighted by molar-refractivity contribution is 7.00. The summed E-state index contributed by atoms with van der Waals surface area (Å²) in [6.07, 6.45) is 5.96. The van der Waals surface area contributed by atoms with Gasteiger partial charge in [0.15, 0.2) is 0 Å². The Morgan fingerprint density at radius 3 is 1.57 bits per heavy atom. The summed E-state index contributed by atoms with van der Waals surface area (Å²) in [5.74, 6) is 1.24. The van der Waals surface area contributed by atoms with Crippen molar-refractivity contribution in [3.8, 4) is 11.1 Å². The van der Waals surface area contributed by atoms with Crippen LogP contribution in [0.1, 0.15) is 138 Å². The van der Waals surface area contributed by atoms with Crippen LogP contribution in [0.25, 0.3) is 11.1 Å². The van der Waals surface area contributed by atoms with Crippen LogP contribution in [0.4, 0.5) is 51.2 Å². The molecule has 2 aliphatic heterocycles. The largest absolute Gasteiger partial charge is 0.311 e. The summed E-state index contributed by atoms with van der Waals surface area (Å²) >= 11 is 0. The Labute approximate surface area is 428 Å². The van der Waals surface area contributed by atoms with E-state index in [1.165, 1.54) is 133 Å². The summed E-state index contributed by atoms with van der Waals surface area (Å²) in [4.78, 5) is 7.79. The number of hydrogen-bond donors (Lipinski definition) is 0. The average molecular weight is 936 g/mol. The SMILES string of the molecule is Cc1cc2c3c(c1)N(c1ccc4c(c1)C(C)(C)CCC4(C)C)c1cc4c(cc1B3c1ccc(N(c3ccccc3)c3ccccc3)cc1N2c1ccc2c(c1)-c1ccccc1C1CC21)C(C)(C)CCC4(C)C. The maximum Gasteiger partial charge on any atom is 0.252 e. The zero-order chi connectivity index (χ0) is 49.2. The number of anilines is 9. The van der Waals surface area contributed by atoms with Crippen LogP contribution in [0, 0.1) is 6.92 Å². The van der Waals surface area contributed by atoms with Crippen LogP contribution in [0.15, 0.2) is 164 Å². The van der Waals surface area contributed by atoms with Gasteiger partial charge in [-0.25, -0.2) is 0 Å². The fraction of sp³-hybridized carbons (Fsp3) is 0.294. The summed E-state index contributed by atoms with van der Waals surface area (Å²) < 4.78 is 0. The van der Waals surface area contributed by atoms with Gasteiger partial charge in [-0.3, -0.25) is 0 Å². The highest BCUT2D eigenvalue weighted by Gasteiger charge is 2.49. The van der Waals surface area contributed by atoms with E-state index in [1.807, 2.05) is 0 Å². The van der Waals surface area contributed by atoms with Crippen LogP contribution in [0.5, 0.6) is 0 Å². The molecule has 1 fully saturated rings. The van der Waals surface area contributed by atoms with Crippen molar-refractivity contribution in [2.24, 2.45) is 0 Å². The highest BCUT2D eigenvalue weighted by Crippen LogP contribution is 2.63. The monoisotopic (exact) mass is 936 g/mol. The Hall–Kier alpha value is -6.78. The third kappa shape index (κ3) is 6.42. The van der Waals surface area contributed by atoms with Crippen molar-refractivity contribution >= 4 is 74.3 Å². The molecule has 2 atom stereocenters. The Balaban J connectivity index is 1.07. The third-order valence-electron chi connectivity index (χ3n) is 18.7. The number of nitrogens with zero attached hydrogens (tertiary/aromatic N) is 3. The molecular weight excluding hydrogens is 870 g/mol. The Kier molecular flexibility index (Phi) is 9.24. The fourth-order valence-electron chi connectivity index (χ4n) is 14.4. The molecule has 356 valence electrons.